The van der Waals surface area contributed by atoms with Gasteiger partial charge in [-0.15, -0.1) is 0 Å². The summed E-state index contributed by atoms with van der Waals surface area (Å²) < 4.78 is 0.692. The van der Waals surface area contributed by atoms with Crippen molar-refractivity contribution >= 4 is 21.8 Å². The SMILES string of the molecule is CCN(CCCN(C)C)C(=O)c1cccc(Br)n1. The maximum atomic E-state index is 12.2. The molecule has 0 saturated carbocycles. The van der Waals surface area contributed by atoms with E-state index in [4.69, 9.17) is 0 Å². The third-order valence-electron chi connectivity index (χ3n) is 2.64. The fourth-order valence-corrected chi connectivity index (χ4v) is 2.01. The molecule has 1 amide bonds. The van der Waals surface area contributed by atoms with E-state index in [2.05, 4.69) is 25.8 Å². The van der Waals surface area contributed by atoms with Gasteiger partial charge >= 0.3 is 0 Å². The first-order chi connectivity index (χ1) is 8.54. The molecule has 4 nitrogen and oxygen atoms in total. The van der Waals surface area contributed by atoms with E-state index in [1.54, 1.807) is 6.07 Å². The van der Waals surface area contributed by atoms with Crippen LogP contribution in [0.4, 0.5) is 0 Å². The van der Waals surface area contributed by atoms with Gasteiger partial charge in [-0.1, -0.05) is 6.07 Å². The van der Waals surface area contributed by atoms with E-state index >= 15 is 0 Å². The number of carbonyl (C=O) groups is 1. The van der Waals surface area contributed by atoms with E-state index in [9.17, 15) is 4.79 Å². The molecule has 0 N–H and O–H groups in total. The molecule has 0 atom stereocenters. The Morgan fingerprint density at radius 1 is 1.33 bits per heavy atom. The molecule has 0 bridgehead atoms. The summed E-state index contributed by atoms with van der Waals surface area (Å²) in [5.41, 5.74) is 0.496. The summed E-state index contributed by atoms with van der Waals surface area (Å²) in [6, 6.07) is 5.40. The number of nitrogens with zero attached hydrogens (tertiary/aromatic N) is 3. The Balaban J connectivity index is 2.62. The third kappa shape index (κ3) is 4.74. The minimum Gasteiger partial charge on any atom is -0.338 e. The van der Waals surface area contributed by atoms with Gasteiger partial charge in [0.1, 0.15) is 10.3 Å². The van der Waals surface area contributed by atoms with E-state index in [-0.39, 0.29) is 5.91 Å². The van der Waals surface area contributed by atoms with Crippen molar-refractivity contribution in [1.82, 2.24) is 14.8 Å². The number of halogens is 1. The van der Waals surface area contributed by atoms with Crippen molar-refractivity contribution < 1.29 is 4.79 Å². The van der Waals surface area contributed by atoms with Crippen molar-refractivity contribution in [2.75, 3.05) is 33.7 Å². The van der Waals surface area contributed by atoms with Crippen LogP contribution in [0.1, 0.15) is 23.8 Å². The minimum atomic E-state index is -0.00226. The summed E-state index contributed by atoms with van der Waals surface area (Å²) >= 11 is 3.28. The molecule has 0 aromatic carbocycles. The molecule has 0 aliphatic rings. The van der Waals surface area contributed by atoms with E-state index in [0.29, 0.717) is 16.8 Å². The van der Waals surface area contributed by atoms with Crippen LogP contribution in [0.5, 0.6) is 0 Å². The summed E-state index contributed by atoms with van der Waals surface area (Å²) in [5, 5.41) is 0. The maximum absolute atomic E-state index is 12.2. The summed E-state index contributed by atoms with van der Waals surface area (Å²) in [6.45, 7) is 4.45. The van der Waals surface area contributed by atoms with E-state index in [1.165, 1.54) is 0 Å². The lowest BCUT2D eigenvalue weighted by Gasteiger charge is -2.21. The Labute approximate surface area is 117 Å². The largest absolute Gasteiger partial charge is 0.338 e. The Bertz CT molecular complexity index is 396. The van der Waals surface area contributed by atoms with Crippen molar-refractivity contribution in [1.29, 1.82) is 0 Å². The van der Waals surface area contributed by atoms with Crippen LogP contribution in [0.15, 0.2) is 22.8 Å². The van der Waals surface area contributed by atoms with Gasteiger partial charge in [0.05, 0.1) is 0 Å². The molecule has 0 saturated heterocycles. The van der Waals surface area contributed by atoms with Crippen molar-refractivity contribution in [3.05, 3.63) is 28.5 Å². The Hall–Kier alpha value is -0.940. The zero-order valence-corrected chi connectivity index (χ0v) is 12.8. The van der Waals surface area contributed by atoms with Gasteiger partial charge in [-0.3, -0.25) is 4.79 Å². The van der Waals surface area contributed by atoms with E-state index in [1.807, 2.05) is 38.1 Å². The van der Waals surface area contributed by atoms with Crippen LogP contribution in [0.25, 0.3) is 0 Å². The second-order valence-corrected chi connectivity index (χ2v) is 5.20. The first-order valence-corrected chi connectivity index (χ1v) is 6.90. The van der Waals surface area contributed by atoms with Gasteiger partial charge in [-0.05, 0) is 62.0 Å². The zero-order valence-electron chi connectivity index (χ0n) is 11.2. The number of aromatic nitrogens is 1. The quantitative estimate of drug-likeness (QED) is 0.756. The number of hydrogen-bond donors (Lipinski definition) is 0. The normalized spacial score (nSPS) is 10.7. The molecule has 1 heterocycles. The molecule has 100 valence electrons. The van der Waals surface area contributed by atoms with Crippen LogP contribution in [-0.4, -0.2) is 54.4 Å². The van der Waals surface area contributed by atoms with Gasteiger partial charge in [-0.2, -0.15) is 0 Å². The summed E-state index contributed by atoms with van der Waals surface area (Å²) in [5.74, 6) is -0.00226. The molecule has 0 spiro atoms. The molecule has 0 radical (unpaired) electrons. The number of carbonyl (C=O) groups excluding carboxylic acids is 1. The number of rotatable bonds is 6. The highest BCUT2D eigenvalue weighted by Crippen LogP contribution is 2.09. The van der Waals surface area contributed by atoms with Crippen LogP contribution in [0, 0.1) is 0 Å². The molecule has 18 heavy (non-hydrogen) atoms. The molecule has 5 heteroatoms. The second-order valence-electron chi connectivity index (χ2n) is 4.39. The van der Waals surface area contributed by atoms with Crippen molar-refractivity contribution in [3.8, 4) is 0 Å². The average Bonchev–Trinajstić information content (AvgIpc) is 2.33. The molecule has 0 aliphatic carbocycles. The average molecular weight is 314 g/mol. The van der Waals surface area contributed by atoms with Crippen LogP contribution in [0.2, 0.25) is 0 Å². The lowest BCUT2D eigenvalue weighted by atomic mass is 10.3. The predicted molar refractivity (Wildman–Crippen MR) is 76.7 cm³/mol. The lowest BCUT2D eigenvalue weighted by Crippen LogP contribution is -2.33. The number of pyridine rings is 1. The predicted octanol–water partition coefficient (Wildman–Crippen LogP) is 2.26. The highest BCUT2D eigenvalue weighted by molar-refractivity contribution is 9.10. The monoisotopic (exact) mass is 313 g/mol. The summed E-state index contributed by atoms with van der Waals surface area (Å²) in [7, 11) is 4.07. The van der Waals surface area contributed by atoms with Gasteiger partial charge in [-0.25, -0.2) is 4.98 Å². The summed E-state index contributed by atoms with van der Waals surface area (Å²) in [6.07, 6.45) is 0.973. The first kappa shape index (κ1) is 15.1. The minimum absolute atomic E-state index is 0.00226. The molecule has 0 aliphatic heterocycles. The number of hydrogen-bond acceptors (Lipinski definition) is 3. The van der Waals surface area contributed by atoms with Gasteiger partial charge in [0.2, 0.25) is 0 Å². The van der Waals surface area contributed by atoms with Crippen molar-refractivity contribution in [2.24, 2.45) is 0 Å². The Morgan fingerprint density at radius 3 is 2.61 bits per heavy atom. The molecule has 1 rings (SSSR count). The molecular weight excluding hydrogens is 294 g/mol. The van der Waals surface area contributed by atoms with Gasteiger partial charge < -0.3 is 9.80 Å². The molecule has 1 aromatic heterocycles. The maximum Gasteiger partial charge on any atom is 0.272 e. The van der Waals surface area contributed by atoms with Gasteiger partial charge in [0, 0.05) is 13.1 Å². The topological polar surface area (TPSA) is 36.4 Å². The molecule has 0 unspecified atom stereocenters. The third-order valence-corrected chi connectivity index (χ3v) is 3.08. The second kappa shape index (κ2) is 7.48. The van der Waals surface area contributed by atoms with Crippen LogP contribution >= 0.6 is 15.9 Å². The molecule has 0 fully saturated rings. The zero-order chi connectivity index (χ0) is 13.5. The highest BCUT2D eigenvalue weighted by Gasteiger charge is 2.15. The Morgan fingerprint density at radius 2 is 2.06 bits per heavy atom. The Kier molecular flexibility index (Phi) is 6.29. The van der Waals surface area contributed by atoms with Crippen LogP contribution in [0.3, 0.4) is 0 Å². The fourth-order valence-electron chi connectivity index (χ4n) is 1.67. The lowest BCUT2D eigenvalue weighted by molar-refractivity contribution is 0.0753. The summed E-state index contributed by atoms with van der Waals surface area (Å²) in [4.78, 5) is 20.4. The smallest absolute Gasteiger partial charge is 0.272 e. The molecular formula is C13H20BrN3O. The fraction of sp³-hybridized carbons (Fsp3) is 0.538. The first-order valence-electron chi connectivity index (χ1n) is 6.11. The van der Waals surface area contributed by atoms with E-state index in [0.717, 1.165) is 19.5 Å². The highest BCUT2D eigenvalue weighted by atomic mass is 79.9. The van der Waals surface area contributed by atoms with Crippen LogP contribution in [-0.2, 0) is 0 Å². The van der Waals surface area contributed by atoms with Gasteiger partial charge in [0.25, 0.3) is 5.91 Å². The molecule has 1 aromatic rings. The van der Waals surface area contributed by atoms with Crippen molar-refractivity contribution in [2.45, 2.75) is 13.3 Å². The standard InChI is InChI=1S/C13H20BrN3O/c1-4-17(10-6-9-16(2)3)13(18)11-7-5-8-12(14)15-11/h5,7-8H,4,6,9-10H2,1-3H3. The van der Waals surface area contributed by atoms with Gasteiger partial charge in [0.15, 0.2) is 0 Å². The van der Waals surface area contributed by atoms with E-state index < -0.39 is 0 Å². The number of amides is 1. The van der Waals surface area contributed by atoms with Crippen LogP contribution < -0.4 is 0 Å². The van der Waals surface area contributed by atoms with Crippen molar-refractivity contribution in [3.63, 3.8) is 0 Å².